The zero-order valence-electron chi connectivity index (χ0n) is 11.4. The van der Waals surface area contributed by atoms with Gasteiger partial charge in [-0.1, -0.05) is 35.7 Å². The molecule has 0 radical (unpaired) electrons. The highest BCUT2D eigenvalue weighted by atomic mass is 79.9. The zero-order valence-corrected chi connectivity index (χ0v) is 13.0. The van der Waals surface area contributed by atoms with Gasteiger partial charge in [0.05, 0.1) is 0 Å². The van der Waals surface area contributed by atoms with E-state index in [2.05, 4.69) is 28.2 Å². The van der Waals surface area contributed by atoms with Gasteiger partial charge in [-0.25, -0.2) is 0 Å². The van der Waals surface area contributed by atoms with E-state index < -0.39 is 12.8 Å². The van der Waals surface area contributed by atoms with Gasteiger partial charge in [-0.2, -0.15) is 13.2 Å². The van der Waals surface area contributed by atoms with Gasteiger partial charge in [0.25, 0.3) is 0 Å². The molecule has 2 nitrogen and oxygen atoms in total. The number of alkyl halides is 3. The van der Waals surface area contributed by atoms with Crippen LogP contribution in [-0.4, -0.2) is 19.3 Å². The Morgan fingerprint density at radius 1 is 1.20 bits per heavy atom. The zero-order chi connectivity index (χ0) is 15.0. The smallest absolute Gasteiger partial charge is 0.422 e. The molecule has 0 amide bonds. The van der Waals surface area contributed by atoms with Gasteiger partial charge in [-0.15, -0.1) is 0 Å². The summed E-state index contributed by atoms with van der Waals surface area (Å²) < 4.78 is 41.8. The fourth-order valence-corrected chi connectivity index (χ4v) is 2.22. The summed E-state index contributed by atoms with van der Waals surface area (Å²) >= 11 is 3.28. The van der Waals surface area contributed by atoms with Crippen molar-refractivity contribution in [1.82, 2.24) is 5.32 Å². The summed E-state index contributed by atoms with van der Waals surface area (Å²) in [6.07, 6.45) is -0.887. The second-order valence-electron chi connectivity index (χ2n) is 4.58. The first-order chi connectivity index (χ1) is 9.40. The van der Waals surface area contributed by atoms with Crippen LogP contribution < -0.4 is 10.1 Å². The molecule has 6 heteroatoms. The second-order valence-corrected chi connectivity index (χ2v) is 5.50. The number of rotatable bonds is 8. The summed E-state index contributed by atoms with van der Waals surface area (Å²) in [7, 11) is 0. The third kappa shape index (κ3) is 7.75. The average Bonchev–Trinajstić information content (AvgIpc) is 2.35. The van der Waals surface area contributed by atoms with Gasteiger partial charge in [-0.3, -0.25) is 0 Å². The van der Waals surface area contributed by atoms with Gasteiger partial charge in [0, 0.05) is 11.0 Å². The van der Waals surface area contributed by atoms with E-state index in [1.165, 1.54) is 12.5 Å². The molecule has 0 aromatic heterocycles. The van der Waals surface area contributed by atoms with Gasteiger partial charge in [0.2, 0.25) is 0 Å². The third-order valence-corrected chi connectivity index (χ3v) is 3.08. The van der Waals surface area contributed by atoms with Crippen molar-refractivity contribution in [2.24, 2.45) is 0 Å². The first kappa shape index (κ1) is 17.3. The Kier molecular flexibility index (Phi) is 7.37. The van der Waals surface area contributed by atoms with Crippen LogP contribution in [0.25, 0.3) is 0 Å². The van der Waals surface area contributed by atoms with E-state index in [9.17, 15) is 13.2 Å². The van der Waals surface area contributed by atoms with Crippen molar-refractivity contribution < 1.29 is 17.9 Å². The molecule has 0 saturated carbocycles. The van der Waals surface area contributed by atoms with Crippen molar-refractivity contribution in [2.75, 3.05) is 13.2 Å². The first-order valence-electron chi connectivity index (χ1n) is 6.60. The Morgan fingerprint density at radius 2 is 1.95 bits per heavy atom. The Hall–Kier alpha value is -0.750. The van der Waals surface area contributed by atoms with E-state index >= 15 is 0 Å². The molecule has 0 fully saturated rings. The Labute approximate surface area is 125 Å². The molecule has 0 bridgehead atoms. The van der Waals surface area contributed by atoms with Crippen LogP contribution in [0.15, 0.2) is 22.7 Å². The van der Waals surface area contributed by atoms with Crippen molar-refractivity contribution in [3.05, 3.63) is 28.2 Å². The molecule has 0 spiro atoms. The van der Waals surface area contributed by atoms with Crippen molar-refractivity contribution in [1.29, 1.82) is 0 Å². The minimum atomic E-state index is -4.32. The quantitative estimate of drug-likeness (QED) is 0.685. The van der Waals surface area contributed by atoms with Gasteiger partial charge >= 0.3 is 6.18 Å². The summed E-state index contributed by atoms with van der Waals surface area (Å²) in [5.41, 5.74) is 0.896. The Morgan fingerprint density at radius 3 is 2.60 bits per heavy atom. The highest BCUT2D eigenvalue weighted by Gasteiger charge is 2.28. The minimum Gasteiger partial charge on any atom is -0.484 e. The molecule has 20 heavy (non-hydrogen) atoms. The fourth-order valence-electron chi connectivity index (χ4n) is 1.70. The van der Waals surface area contributed by atoms with Gasteiger partial charge < -0.3 is 10.1 Å². The topological polar surface area (TPSA) is 21.3 Å². The maximum atomic E-state index is 12.1. The lowest BCUT2D eigenvalue weighted by molar-refractivity contribution is -0.153. The van der Waals surface area contributed by atoms with Crippen LogP contribution in [0.5, 0.6) is 5.75 Å². The molecule has 0 atom stereocenters. The Balaban J connectivity index is 2.49. The van der Waals surface area contributed by atoms with Crippen molar-refractivity contribution in [2.45, 2.75) is 38.9 Å². The minimum absolute atomic E-state index is 0.224. The lowest BCUT2D eigenvalue weighted by atomic mass is 10.2. The molecule has 0 unspecified atom stereocenters. The van der Waals surface area contributed by atoms with E-state index in [4.69, 9.17) is 4.74 Å². The maximum Gasteiger partial charge on any atom is 0.422 e. The molecule has 0 aliphatic rings. The second kappa shape index (κ2) is 8.52. The van der Waals surface area contributed by atoms with Gasteiger partial charge in [0.15, 0.2) is 6.61 Å². The number of ether oxygens (including phenoxy) is 1. The number of unbranched alkanes of at least 4 members (excludes halogenated alkanes) is 2. The van der Waals surface area contributed by atoms with E-state index in [0.717, 1.165) is 24.9 Å². The summed E-state index contributed by atoms with van der Waals surface area (Å²) in [6.45, 7) is 2.38. The molecular formula is C14H19BrF3NO. The molecule has 114 valence electrons. The van der Waals surface area contributed by atoms with E-state index in [1.807, 2.05) is 6.07 Å². The number of nitrogens with one attached hydrogen (secondary N) is 1. The number of hydrogen-bond acceptors (Lipinski definition) is 2. The normalized spacial score (nSPS) is 11.7. The maximum absolute atomic E-state index is 12.1. The lowest BCUT2D eigenvalue weighted by Crippen LogP contribution is -2.19. The van der Waals surface area contributed by atoms with Crippen molar-refractivity contribution in [3.63, 3.8) is 0 Å². The van der Waals surface area contributed by atoms with Crippen LogP contribution in [0.1, 0.15) is 31.7 Å². The van der Waals surface area contributed by atoms with E-state index in [-0.39, 0.29) is 5.75 Å². The summed E-state index contributed by atoms with van der Waals surface area (Å²) in [6, 6.07) is 5.03. The largest absolute Gasteiger partial charge is 0.484 e. The predicted molar refractivity (Wildman–Crippen MR) is 76.9 cm³/mol. The SMILES string of the molecule is CCCCCNCc1cc(Br)cc(OCC(F)(F)F)c1. The molecule has 1 aromatic carbocycles. The highest BCUT2D eigenvalue weighted by molar-refractivity contribution is 9.10. The van der Waals surface area contributed by atoms with Crippen LogP contribution >= 0.6 is 15.9 Å². The van der Waals surface area contributed by atoms with E-state index in [1.54, 1.807) is 6.07 Å². The van der Waals surface area contributed by atoms with Crippen LogP contribution in [0.2, 0.25) is 0 Å². The monoisotopic (exact) mass is 353 g/mol. The summed E-state index contributed by atoms with van der Waals surface area (Å²) in [4.78, 5) is 0. The molecule has 0 aliphatic heterocycles. The molecule has 1 aromatic rings. The molecule has 1 N–H and O–H groups in total. The van der Waals surface area contributed by atoms with E-state index in [0.29, 0.717) is 11.0 Å². The van der Waals surface area contributed by atoms with Crippen LogP contribution in [0.3, 0.4) is 0 Å². The summed E-state index contributed by atoms with van der Waals surface area (Å²) in [5, 5.41) is 3.26. The molecule has 0 saturated heterocycles. The standard InChI is InChI=1S/C14H19BrF3NO/c1-2-3-4-5-19-9-11-6-12(15)8-13(7-11)20-10-14(16,17)18/h6-8,19H,2-5,9-10H2,1H3. The molecular weight excluding hydrogens is 335 g/mol. The predicted octanol–water partition coefficient (Wildman–Crippen LogP) is 4.67. The summed E-state index contributed by atoms with van der Waals surface area (Å²) in [5.74, 6) is 0.224. The Bertz CT molecular complexity index is 410. The van der Waals surface area contributed by atoms with Crippen LogP contribution in [-0.2, 0) is 6.54 Å². The van der Waals surface area contributed by atoms with Crippen molar-refractivity contribution in [3.8, 4) is 5.75 Å². The van der Waals surface area contributed by atoms with Crippen molar-refractivity contribution >= 4 is 15.9 Å². The lowest BCUT2D eigenvalue weighted by Gasteiger charge is -2.11. The number of hydrogen-bond donors (Lipinski definition) is 1. The van der Waals surface area contributed by atoms with Crippen LogP contribution in [0, 0.1) is 0 Å². The van der Waals surface area contributed by atoms with Gasteiger partial charge in [0.1, 0.15) is 5.75 Å². The average molecular weight is 354 g/mol. The molecule has 0 heterocycles. The van der Waals surface area contributed by atoms with Crippen LogP contribution in [0.4, 0.5) is 13.2 Å². The third-order valence-electron chi connectivity index (χ3n) is 2.62. The number of benzene rings is 1. The number of halogens is 4. The highest BCUT2D eigenvalue weighted by Crippen LogP contribution is 2.24. The fraction of sp³-hybridized carbons (Fsp3) is 0.571. The molecule has 1 rings (SSSR count). The van der Waals surface area contributed by atoms with Gasteiger partial charge in [-0.05, 0) is 36.7 Å². The molecule has 0 aliphatic carbocycles. The first-order valence-corrected chi connectivity index (χ1v) is 7.40.